The van der Waals surface area contributed by atoms with E-state index in [0.29, 0.717) is 13.1 Å². The molecule has 0 fully saturated rings. The van der Waals surface area contributed by atoms with Crippen molar-refractivity contribution in [1.29, 1.82) is 0 Å². The van der Waals surface area contributed by atoms with Crippen molar-refractivity contribution in [2.24, 2.45) is 4.99 Å². The normalized spacial score (nSPS) is 15.3. The molecule has 3 N–H and O–H groups in total. The number of rotatable bonds is 6. The Bertz CT molecular complexity index is 609. The van der Waals surface area contributed by atoms with Gasteiger partial charge in [-0.1, -0.05) is 0 Å². The lowest BCUT2D eigenvalue weighted by Gasteiger charge is -2.27. The summed E-state index contributed by atoms with van der Waals surface area (Å²) in [6.45, 7) is 10.6. The maximum Gasteiger partial charge on any atom is 0.407 e. The van der Waals surface area contributed by atoms with Gasteiger partial charge < -0.3 is 20.7 Å². The second-order valence-electron chi connectivity index (χ2n) is 7.25. The molecule has 1 aliphatic rings. The van der Waals surface area contributed by atoms with Gasteiger partial charge in [0.25, 0.3) is 0 Å². The number of nitrogens with zero attached hydrogens (tertiary/aromatic N) is 2. The van der Waals surface area contributed by atoms with Gasteiger partial charge in [-0.25, -0.2) is 4.79 Å². The third-order valence-electron chi connectivity index (χ3n) is 3.92. The Balaban J connectivity index is 1.58. The largest absolute Gasteiger partial charge is 0.444 e. The number of carbonyl (C=O) groups excluding carboxylic acids is 1. The molecule has 0 aliphatic carbocycles. The number of aliphatic imine (C=N–C) groups is 1. The summed E-state index contributed by atoms with van der Waals surface area (Å²) >= 11 is 1.87. The molecule has 1 aromatic rings. The predicted octanol–water partition coefficient (Wildman–Crippen LogP) is 1.80. The number of thiophene rings is 1. The van der Waals surface area contributed by atoms with Crippen molar-refractivity contribution in [2.45, 2.75) is 39.3 Å². The third-order valence-corrected chi connectivity index (χ3v) is 4.94. The molecule has 2 heterocycles. The number of fused-ring (bicyclic) bond motifs is 1. The molecule has 0 radical (unpaired) electrons. The second-order valence-corrected chi connectivity index (χ2v) is 8.25. The van der Waals surface area contributed by atoms with Crippen LogP contribution in [0.5, 0.6) is 0 Å². The van der Waals surface area contributed by atoms with Crippen LogP contribution in [0.4, 0.5) is 4.79 Å². The van der Waals surface area contributed by atoms with Gasteiger partial charge in [0.05, 0.1) is 0 Å². The molecule has 1 aliphatic heterocycles. The van der Waals surface area contributed by atoms with Crippen molar-refractivity contribution >= 4 is 23.4 Å². The van der Waals surface area contributed by atoms with Crippen LogP contribution < -0.4 is 16.0 Å². The van der Waals surface area contributed by atoms with E-state index in [1.54, 1.807) is 7.05 Å². The number of carbonyl (C=O) groups is 1. The zero-order valence-corrected chi connectivity index (χ0v) is 17.0. The summed E-state index contributed by atoms with van der Waals surface area (Å²) in [4.78, 5) is 19.8. The van der Waals surface area contributed by atoms with E-state index in [9.17, 15) is 4.79 Å². The van der Waals surface area contributed by atoms with Gasteiger partial charge in [0.1, 0.15) is 5.60 Å². The topological polar surface area (TPSA) is 78.0 Å². The minimum absolute atomic E-state index is 0.403. The van der Waals surface area contributed by atoms with Gasteiger partial charge in [-0.2, -0.15) is 0 Å². The van der Waals surface area contributed by atoms with Crippen LogP contribution in [-0.2, 0) is 17.7 Å². The van der Waals surface area contributed by atoms with Gasteiger partial charge in [-0.3, -0.25) is 9.89 Å². The van der Waals surface area contributed by atoms with Gasteiger partial charge in [0.15, 0.2) is 5.96 Å². The van der Waals surface area contributed by atoms with E-state index < -0.39 is 11.7 Å². The Hall–Kier alpha value is -1.80. The molecule has 8 heteroatoms. The van der Waals surface area contributed by atoms with Crippen LogP contribution in [0.3, 0.4) is 0 Å². The van der Waals surface area contributed by atoms with Crippen molar-refractivity contribution in [3.8, 4) is 0 Å². The summed E-state index contributed by atoms with van der Waals surface area (Å²) < 4.78 is 5.19. The number of hydrogen-bond donors (Lipinski definition) is 3. The van der Waals surface area contributed by atoms with Gasteiger partial charge in [0, 0.05) is 51.2 Å². The lowest BCUT2D eigenvalue weighted by molar-refractivity contribution is 0.0529. The minimum atomic E-state index is -0.479. The maximum atomic E-state index is 11.6. The summed E-state index contributed by atoms with van der Waals surface area (Å²) in [7, 11) is 1.75. The molecule has 0 unspecified atom stereocenters. The van der Waals surface area contributed by atoms with E-state index in [1.807, 2.05) is 32.1 Å². The predicted molar refractivity (Wildman–Crippen MR) is 107 cm³/mol. The van der Waals surface area contributed by atoms with Gasteiger partial charge in [-0.05, 0) is 44.2 Å². The monoisotopic (exact) mass is 381 g/mol. The molecule has 0 saturated carbocycles. The number of ether oxygens (including phenoxy) is 1. The standard InChI is InChI=1S/C18H31N5O2S/c1-18(2,3)25-17(24)22-8-7-20-16(19-4)21-9-11-23-10-5-15-14(13-23)6-12-26-15/h6,12H,5,7-11,13H2,1-4H3,(H,22,24)(H2,19,20,21). The summed E-state index contributed by atoms with van der Waals surface area (Å²) in [5.41, 5.74) is 0.991. The van der Waals surface area contributed by atoms with E-state index in [2.05, 4.69) is 37.3 Å². The van der Waals surface area contributed by atoms with Crippen molar-refractivity contribution in [3.05, 3.63) is 21.9 Å². The molecule has 1 amide bonds. The fraction of sp³-hybridized carbons (Fsp3) is 0.667. The number of nitrogens with one attached hydrogen (secondary N) is 3. The summed E-state index contributed by atoms with van der Waals surface area (Å²) in [6.07, 6.45) is 0.746. The van der Waals surface area contributed by atoms with Crippen LogP contribution in [0, 0.1) is 0 Å². The molecule has 1 aromatic heterocycles. The zero-order valence-electron chi connectivity index (χ0n) is 16.2. The highest BCUT2D eigenvalue weighted by atomic mass is 32.1. The van der Waals surface area contributed by atoms with Crippen LogP contribution in [0.15, 0.2) is 16.4 Å². The number of alkyl carbamates (subject to hydrolysis) is 1. The smallest absolute Gasteiger partial charge is 0.407 e. The molecule has 0 atom stereocenters. The second kappa shape index (κ2) is 9.78. The first kappa shape index (κ1) is 20.5. The summed E-state index contributed by atoms with van der Waals surface area (Å²) in [6, 6.07) is 2.23. The van der Waals surface area contributed by atoms with E-state index >= 15 is 0 Å². The average molecular weight is 382 g/mol. The third kappa shape index (κ3) is 7.21. The van der Waals surface area contributed by atoms with Crippen LogP contribution in [0.1, 0.15) is 31.2 Å². The molecule has 2 rings (SSSR count). The van der Waals surface area contributed by atoms with Crippen molar-refractivity contribution in [1.82, 2.24) is 20.9 Å². The van der Waals surface area contributed by atoms with Crippen LogP contribution >= 0.6 is 11.3 Å². The molecule has 146 valence electrons. The van der Waals surface area contributed by atoms with Crippen LogP contribution in [0.25, 0.3) is 0 Å². The van der Waals surface area contributed by atoms with Crippen molar-refractivity contribution in [3.63, 3.8) is 0 Å². The molecule has 0 saturated heterocycles. The SMILES string of the molecule is CN=C(NCCNC(=O)OC(C)(C)C)NCCN1CCc2sccc2C1. The molecular weight excluding hydrogens is 350 g/mol. The van der Waals surface area contributed by atoms with E-state index in [1.165, 1.54) is 10.4 Å². The summed E-state index contributed by atoms with van der Waals surface area (Å²) in [5.74, 6) is 0.740. The Morgan fingerprint density at radius 2 is 2.00 bits per heavy atom. The first-order chi connectivity index (χ1) is 12.4. The van der Waals surface area contributed by atoms with Crippen molar-refractivity contribution < 1.29 is 9.53 Å². The van der Waals surface area contributed by atoms with Gasteiger partial charge >= 0.3 is 6.09 Å². The maximum absolute atomic E-state index is 11.6. The van der Waals surface area contributed by atoms with Gasteiger partial charge in [0.2, 0.25) is 0 Å². The molecule has 26 heavy (non-hydrogen) atoms. The quantitative estimate of drug-likeness (QED) is 0.398. The molecule has 0 aromatic carbocycles. The lowest BCUT2D eigenvalue weighted by atomic mass is 10.1. The van der Waals surface area contributed by atoms with Crippen molar-refractivity contribution in [2.75, 3.05) is 39.8 Å². The number of hydrogen-bond acceptors (Lipinski definition) is 5. The Morgan fingerprint density at radius 1 is 1.27 bits per heavy atom. The highest BCUT2D eigenvalue weighted by Crippen LogP contribution is 2.23. The highest BCUT2D eigenvalue weighted by molar-refractivity contribution is 7.10. The first-order valence-electron chi connectivity index (χ1n) is 9.06. The number of amides is 1. The van der Waals surface area contributed by atoms with E-state index in [4.69, 9.17) is 4.74 Å². The Morgan fingerprint density at radius 3 is 2.73 bits per heavy atom. The zero-order chi connectivity index (χ0) is 19.0. The first-order valence-corrected chi connectivity index (χ1v) is 9.94. The van der Waals surface area contributed by atoms with Gasteiger partial charge in [-0.15, -0.1) is 11.3 Å². The highest BCUT2D eigenvalue weighted by Gasteiger charge is 2.17. The lowest BCUT2D eigenvalue weighted by Crippen LogP contribution is -2.45. The number of guanidine groups is 1. The fourth-order valence-electron chi connectivity index (χ4n) is 2.71. The molecule has 0 spiro atoms. The summed E-state index contributed by atoms with van der Waals surface area (Å²) in [5, 5.41) is 11.4. The average Bonchev–Trinajstić information content (AvgIpc) is 3.03. The van der Waals surface area contributed by atoms with E-state index in [0.717, 1.165) is 38.6 Å². The Kier molecular flexibility index (Phi) is 7.71. The van der Waals surface area contributed by atoms with Crippen LogP contribution in [0.2, 0.25) is 0 Å². The van der Waals surface area contributed by atoms with E-state index in [-0.39, 0.29) is 0 Å². The molecular formula is C18H31N5O2S. The molecule has 0 bridgehead atoms. The molecule has 7 nitrogen and oxygen atoms in total. The fourth-order valence-corrected chi connectivity index (χ4v) is 3.60. The minimum Gasteiger partial charge on any atom is -0.444 e. The Labute approximate surface area is 160 Å². The van der Waals surface area contributed by atoms with Crippen LogP contribution in [-0.4, -0.2) is 62.3 Å².